The Morgan fingerprint density at radius 2 is 2.10 bits per heavy atom. The average molecular weight is 278 g/mol. The molecule has 0 saturated carbocycles. The molecule has 5 nitrogen and oxygen atoms in total. The first kappa shape index (κ1) is 13.6. The molecule has 2 aliphatic heterocycles. The summed E-state index contributed by atoms with van der Waals surface area (Å²) in [6, 6.07) is 3.29. The zero-order valence-electron chi connectivity index (χ0n) is 12.1. The Morgan fingerprint density at radius 1 is 1.45 bits per heavy atom. The molecular formula is C15H22N2O3. The first-order chi connectivity index (χ1) is 9.58. The molecule has 0 spiro atoms. The van der Waals surface area contributed by atoms with E-state index in [4.69, 9.17) is 14.9 Å². The smallest absolute Gasteiger partial charge is 0.341 e. The summed E-state index contributed by atoms with van der Waals surface area (Å²) in [6.07, 6.45) is 4.59. The number of rotatable bonds is 3. The Hall–Kier alpha value is -1.33. The van der Waals surface area contributed by atoms with Crippen LogP contribution < -0.4 is 5.73 Å². The monoisotopic (exact) mass is 278 g/mol. The highest BCUT2D eigenvalue weighted by Crippen LogP contribution is 2.36. The van der Waals surface area contributed by atoms with Crippen molar-refractivity contribution in [2.45, 2.75) is 57.3 Å². The molecule has 1 aromatic rings. The predicted molar refractivity (Wildman–Crippen MR) is 74.3 cm³/mol. The molecule has 20 heavy (non-hydrogen) atoms. The highest BCUT2D eigenvalue weighted by molar-refractivity contribution is 5.90. The number of carbonyl (C=O) groups excluding carboxylic acids is 1. The summed E-state index contributed by atoms with van der Waals surface area (Å²) in [4.78, 5) is 14.1. The van der Waals surface area contributed by atoms with Gasteiger partial charge in [0.1, 0.15) is 17.1 Å². The minimum Gasteiger partial charge on any atom is -0.465 e. The zero-order chi connectivity index (χ0) is 14.3. The van der Waals surface area contributed by atoms with Crippen LogP contribution in [0.15, 0.2) is 10.5 Å². The number of nitrogens with two attached hydrogens (primary N) is 1. The number of hydrogen-bond acceptors (Lipinski definition) is 5. The molecular weight excluding hydrogens is 256 g/mol. The minimum atomic E-state index is -0.332. The van der Waals surface area contributed by atoms with E-state index in [-0.39, 0.29) is 5.97 Å². The van der Waals surface area contributed by atoms with Gasteiger partial charge in [-0.15, -0.1) is 0 Å². The third-order valence-electron chi connectivity index (χ3n) is 4.63. The summed E-state index contributed by atoms with van der Waals surface area (Å²) >= 11 is 0. The summed E-state index contributed by atoms with van der Waals surface area (Å²) in [6.45, 7) is 2.57. The number of esters is 1. The normalized spacial score (nSPS) is 29.6. The van der Waals surface area contributed by atoms with E-state index in [1.165, 1.54) is 20.0 Å². The lowest BCUT2D eigenvalue weighted by molar-refractivity contribution is 0.0599. The van der Waals surface area contributed by atoms with E-state index in [9.17, 15) is 4.79 Å². The van der Waals surface area contributed by atoms with Crippen LogP contribution in [0.25, 0.3) is 0 Å². The second-order valence-electron chi connectivity index (χ2n) is 5.96. The maximum Gasteiger partial charge on any atom is 0.341 e. The summed E-state index contributed by atoms with van der Waals surface area (Å²) in [5, 5.41) is 0. The van der Waals surface area contributed by atoms with Crippen LogP contribution in [-0.2, 0) is 11.3 Å². The highest BCUT2D eigenvalue weighted by atomic mass is 16.5. The van der Waals surface area contributed by atoms with Gasteiger partial charge in [-0.3, -0.25) is 4.90 Å². The van der Waals surface area contributed by atoms with Crippen LogP contribution in [0, 0.1) is 6.92 Å². The Morgan fingerprint density at radius 3 is 2.70 bits per heavy atom. The molecule has 0 aromatic carbocycles. The Bertz CT molecular complexity index is 497. The maximum atomic E-state index is 11.6. The first-order valence-electron chi connectivity index (χ1n) is 7.27. The van der Waals surface area contributed by atoms with Crippen molar-refractivity contribution < 1.29 is 13.9 Å². The van der Waals surface area contributed by atoms with Crippen LogP contribution in [0.5, 0.6) is 0 Å². The lowest BCUT2D eigenvalue weighted by Crippen LogP contribution is -2.46. The highest BCUT2D eigenvalue weighted by Gasteiger charge is 2.39. The summed E-state index contributed by atoms with van der Waals surface area (Å²) in [7, 11) is 1.39. The maximum absolute atomic E-state index is 11.6. The standard InChI is InChI=1S/C15H22N2O3/c1-9-14(15(18)19-2)7-13(20-9)8-17-11-3-4-12(17)6-10(16)5-11/h7,10-12H,3-6,8,16H2,1-2H3. The van der Waals surface area contributed by atoms with Crippen molar-refractivity contribution in [1.29, 1.82) is 0 Å². The largest absolute Gasteiger partial charge is 0.465 e. The van der Waals surface area contributed by atoms with Crippen molar-refractivity contribution in [2.75, 3.05) is 7.11 Å². The summed E-state index contributed by atoms with van der Waals surface area (Å²) in [5.74, 6) is 1.14. The molecule has 2 saturated heterocycles. The Kier molecular flexibility index (Phi) is 3.56. The number of piperidine rings is 1. The SMILES string of the molecule is COC(=O)c1cc(CN2C3CCC2CC(N)C3)oc1C. The van der Waals surface area contributed by atoms with Gasteiger partial charge in [0.15, 0.2) is 0 Å². The number of fused-ring (bicyclic) bond motifs is 2. The molecule has 110 valence electrons. The molecule has 3 heterocycles. The fraction of sp³-hybridized carbons (Fsp3) is 0.667. The van der Waals surface area contributed by atoms with Crippen LogP contribution in [0.3, 0.4) is 0 Å². The predicted octanol–water partition coefficient (Wildman–Crippen LogP) is 1.83. The number of hydrogen-bond donors (Lipinski definition) is 1. The second kappa shape index (κ2) is 5.22. The molecule has 3 rings (SSSR count). The second-order valence-corrected chi connectivity index (χ2v) is 5.96. The van der Waals surface area contributed by atoms with E-state index in [1.807, 2.05) is 6.07 Å². The van der Waals surface area contributed by atoms with Crippen molar-refractivity contribution in [3.8, 4) is 0 Å². The fourth-order valence-electron chi connectivity index (χ4n) is 3.69. The van der Waals surface area contributed by atoms with Crippen LogP contribution >= 0.6 is 0 Å². The van der Waals surface area contributed by atoms with Crippen molar-refractivity contribution in [3.63, 3.8) is 0 Å². The van der Waals surface area contributed by atoms with E-state index in [0.29, 0.717) is 29.4 Å². The molecule has 2 fully saturated rings. The average Bonchev–Trinajstić information content (AvgIpc) is 2.88. The summed E-state index contributed by atoms with van der Waals surface area (Å²) in [5.41, 5.74) is 6.62. The van der Waals surface area contributed by atoms with E-state index in [1.54, 1.807) is 6.92 Å². The number of nitrogens with zero attached hydrogens (tertiary/aromatic N) is 1. The molecule has 1 aromatic heterocycles. The quantitative estimate of drug-likeness (QED) is 0.854. The molecule has 2 aliphatic rings. The van der Waals surface area contributed by atoms with Gasteiger partial charge in [-0.05, 0) is 38.7 Å². The lowest BCUT2D eigenvalue weighted by Gasteiger charge is -2.37. The number of methoxy groups -OCH3 is 1. The van der Waals surface area contributed by atoms with E-state index in [0.717, 1.165) is 25.1 Å². The van der Waals surface area contributed by atoms with Crippen LogP contribution in [0.1, 0.15) is 47.6 Å². The van der Waals surface area contributed by atoms with Gasteiger partial charge in [0.2, 0.25) is 0 Å². The summed E-state index contributed by atoms with van der Waals surface area (Å²) < 4.78 is 10.5. The number of ether oxygens (including phenoxy) is 1. The van der Waals surface area contributed by atoms with E-state index in [2.05, 4.69) is 4.90 Å². The zero-order valence-corrected chi connectivity index (χ0v) is 12.1. The number of aryl methyl sites for hydroxylation is 1. The van der Waals surface area contributed by atoms with Gasteiger partial charge in [0.05, 0.1) is 13.7 Å². The van der Waals surface area contributed by atoms with E-state index < -0.39 is 0 Å². The molecule has 0 aliphatic carbocycles. The molecule has 5 heteroatoms. The Balaban J connectivity index is 1.74. The topological polar surface area (TPSA) is 68.7 Å². The lowest BCUT2D eigenvalue weighted by atomic mass is 9.98. The van der Waals surface area contributed by atoms with Gasteiger partial charge in [0.25, 0.3) is 0 Å². The van der Waals surface area contributed by atoms with Crippen LogP contribution in [-0.4, -0.2) is 36.1 Å². The number of furan rings is 1. The van der Waals surface area contributed by atoms with Crippen molar-refractivity contribution >= 4 is 5.97 Å². The van der Waals surface area contributed by atoms with Gasteiger partial charge in [-0.25, -0.2) is 4.79 Å². The third kappa shape index (κ3) is 2.36. The molecule has 2 atom stereocenters. The molecule has 2 bridgehead atoms. The molecule has 0 amide bonds. The first-order valence-corrected chi connectivity index (χ1v) is 7.27. The van der Waals surface area contributed by atoms with Gasteiger partial charge in [0, 0.05) is 18.1 Å². The Labute approximate surface area is 119 Å². The van der Waals surface area contributed by atoms with Crippen LogP contribution in [0.4, 0.5) is 0 Å². The van der Waals surface area contributed by atoms with Gasteiger partial charge < -0.3 is 14.9 Å². The van der Waals surface area contributed by atoms with Crippen LogP contribution in [0.2, 0.25) is 0 Å². The van der Waals surface area contributed by atoms with Gasteiger partial charge >= 0.3 is 5.97 Å². The third-order valence-corrected chi connectivity index (χ3v) is 4.63. The van der Waals surface area contributed by atoms with Crippen molar-refractivity contribution in [2.24, 2.45) is 5.73 Å². The fourth-order valence-corrected chi connectivity index (χ4v) is 3.69. The van der Waals surface area contributed by atoms with Crippen molar-refractivity contribution in [1.82, 2.24) is 4.90 Å². The number of carbonyl (C=O) groups is 1. The molecule has 0 radical (unpaired) electrons. The van der Waals surface area contributed by atoms with Gasteiger partial charge in [-0.1, -0.05) is 0 Å². The van der Waals surface area contributed by atoms with E-state index >= 15 is 0 Å². The molecule has 2 unspecified atom stereocenters. The minimum absolute atomic E-state index is 0.332. The van der Waals surface area contributed by atoms with Crippen molar-refractivity contribution in [3.05, 3.63) is 23.2 Å². The van der Waals surface area contributed by atoms with Gasteiger partial charge in [-0.2, -0.15) is 0 Å². The molecule has 2 N–H and O–H groups in total.